The molecule has 3 rings (SSSR count). The SMILES string of the molecule is CC(C)(C)OC1CCC2(CC1)OOC1(CCCCC1)OO2. The van der Waals surface area contributed by atoms with E-state index in [0.29, 0.717) is 0 Å². The Labute approximate surface area is 127 Å². The highest BCUT2D eigenvalue weighted by Gasteiger charge is 2.51. The van der Waals surface area contributed by atoms with Crippen molar-refractivity contribution in [1.29, 1.82) is 0 Å². The molecular weight excluding hydrogens is 272 g/mol. The van der Waals surface area contributed by atoms with Crippen molar-refractivity contribution in [3.63, 3.8) is 0 Å². The molecule has 0 radical (unpaired) electrons. The molecule has 2 saturated carbocycles. The van der Waals surface area contributed by atoms with Crippen LogP contribution in [0.2, 0.25) is 0 Å². The zero-order valence-corrected chi connectivity index (χ0v) is 13.5. The van der Waals surface area contributed by atoms with Crippen LogP contribution in [0.3, 0.4) is 0 Å². The summed E-state index contributed by atoms with van der Waals surface area (Å²) in [6.07, 6.45) is 8.65. The highest BCUT2D eigenvalue weighted by molar-refractivity contribution is 4.83. The lowest BCUT2D eigenvalue weighted by molar-refractivity contribution is -0.663. The highest BCUT2D eigenvalue weighted by Crippen LogP contribution is 2.44. The van der Waals surface area contributed by atoms with Gasteiger partial charge in [-0.15, -0.1) is 0 Å². The van der Waals surface area contributed by atoms with E-state index in [-0.39, 0.29) is 11.7 Å². The number of hydrogen-bond acceptors (Lipinski definition) is 5. The highest BCUT2D eigenvalue weighted by atomic mass is 17.4. The Bertz CT molecular complexity index is 336. The maximum absolute atomic E-state index is 6.03. The molecule has 2 aliphatic carbocycles. The van der Waals surface area contributed by atoms with Gasteiger partial charge < -0.3 is 4.74 Å². The molecule has 1 heterocycles. The van der Waals surface area contributed by atoms with Gasteiger partial charge in [-0.05, 0) is 46.5 Å². The Balaban J connectivity index is 1.50. The molecule has 5 nitrogen and oxygen atoms in total. The van der Waals surface area contributed by atoms with Crippen LogP contribution in [0.4, 0.5) is 0 Å². The molecular formula is C16H28O5. The van der Waals surface area contributed by atoms with Crippen LogP contribution >= 0.6 is 0 Å². The van der Waals surface area contributed by atoms with Gasteiger partial charge in [0.05, 0.1) is 11.7 Å². The molecule has 1 saturated heterocycles. The summed E-state index contributed by atoms with van der Waals surface area (Å²) < 4.78 is 6.03. The van der Waals surface area contributed by atoms with Gasteiger partial charge in [0.2, 0.25) is 11.6 Å². The summed E-state index contributed by atoms with van der Waals surface area (Å²) in [4.78, 5) is 22.6. The molecule has 0 atom stereocenters. The van der Waals surface area contributed by atoms with Crippen molar-refractivity contribution in [1.82, 2.24) is 0 Å². The van der Waals surface area contributed by atoms with E-state index in [1.165, 1.54) is 6.42 Å². The van der Waals surface area contributed by atoms with Crippen molar-refractivity contribution in [3.8, 4) is 0 Å². The van der Waals surface area contributed by atoms with E-state index in [1.54, 1.807) is 0 Å². The lowest BCUT2D eigenvalue weighted by atomic mass is 9.91. The largest absolute Gasteiger partial charge is 0.373 e. The van der Waals surface area contributed by atoms with Gasteiger partial charge >= 0.3 is 0 Å². The lowest BCUT2D eigenvalue weighted by Gasteiger charge is -2.46. The Kier molecular flexibility index (Phi) is 4.32. The summed E-state index contributed by atoms with van der Waals surface area (Å²) in [5, 5.41) is 0. The third kappa shape index (κ3) is 3.77. The summed E-state index contributed by atoms with van der Waals surface area (Å²) in [6, 6.07) is 0. The standard InChI is InChI=1S/C16H28O5/c1-14(2,3)17-13-7-11-16(12-8-13)20-18-15(19-21-16)9-5-4-6-10-15/h13H,4-12H2,1-3H3. The number of hydrogen-bond donors (Lipinski definition) is 0. The van der Waals surface area contributed by atoms with Crippen LogP contribution < -0.4 is 0 Å². The maximum atomic E-state index is 6.03. The third-order valence-corrected chi connectivity index (χ3v) is 4.52. The van der Waals surface area contributed by atoms with Gasteiger partial charge in [0.1, 0.15) is 0 Å². The van der Waals surface area contributed by atoms with Crippen molar-refractivity contribution < 1.29 is 24.3 Å². The van der Waals surface area contributed by atoms with Crippen molar-refractivity contribution >= 4 is 0 Å². The number of ether oxygens (including phenoxy) is 1. The van der Waals surface area contributed by atoms with E-state index in [1.807, 2.05) is 0 Å². The monoisotopic (exact) mass is 300 g/mol. The molecule has 0 aromatic rings. The predicted molar refractivity (Wildman–Crippen MR) is 76.0 cm³/mol. The van der Waals surface area contributed by atoms with Crippen molar-refractivity contribution in [3.05, 3.63) is 0 Å². The minimum Gasteiger partial charge on any atom is -0.373 e. The van der Waals surface area contributed by atoms with Crippen LogP contribution in [0.1, 0.15) is 78.6 Å². The van der Waals surface area contributed by atoms with Gasteiger partial charge in [0.15, 0.2) is 0 Å². The van der Waals surface area contributed by atoms with E-state index in [2.05, 4.69) is 20.8 Å². The second-order valence-corrected chi connectivity index (χ2v) is 7.64. The van der Waals surface area contributed by atoms with Gasteiger partial charge in [-0.1, -0.05) is 6.42 Å². The Morgan fingerprint density at radius 3 is 1.71 bits per heavy atom. The molecule has 2 spiro atoms. The van der Waals surface area contributed by atoms with Crippen LogP contribution in [0.5, 0.6) is 0 Å². The summed E-state index contributed by atoms with van der Waals surface area (Å²) >= 11 is 0. The number of rotatable bonds is 1. The molecule has 0 aromatic heterocycles. The van der Waals surface area contributed by atoms with E-state index in [0.717, 1.165) is 51.4 Å². The van der Waals surface area contributed by atoms with E-state index < -0.39 is 11.6 Å². The average molecular weight is 300 g/mol. The summed E-state index contributed by atoms with van der Waals surface area (Å²) in [7, 11) is 0. The van der Waals surface area contributed by atoms with Gasteiger partial charge in [0.25, 0.3) is 0 Å². The molecule has 21 heavy (non-hydrogen) atoms. The van der Waals surface area contributed by atoms with Crippen LogP contribution in [0.15, 0.2) is 0 Å². The topological polar surface area (TPSA) is 46.2 Å². The van der Waals surface area contributed by atoms with Crippen molar-refractivity contribution in [2.24, 2.45) is 0 Å². The zero-order valence-electron chi connectivity index (χ0n) is 13.5. The first-order valence-electron chi connectivity index (χ1n) is 8.32. The molecule has 0 N–H and O–H groups in total. The van der Waals surface area contributed by atoms with Crippen molar-refractivity contribution in [2.45, 2.75) is 102 Å². The predicted octanol–water partition coefficient (Wildman–Crippen LogP) is 4.01. The first-order valence-corrected chi connectivity index (χ1v) is 8.32. The zero-order chi connectivity index (χ0) is 15.0. The minimum absolute atomic E-state index is 0.109. The maximum Gasteiger partial charge on any atom is 0.234 e. The second-order valence-electron chi connectivity index (χ2n) is 7.64. The average Bonchev–Trinajstić information content (AvgIpc) is 2.45. The third-order valence-electron chi connectivity index (χ3n) is 4.52. The fourth-order valence-corrected chi connectivity index (χ4v) is 3.40. The Morgan fingerprint density at radius 1 is 0.762 bits per heavy atom. The van der Waals surface area contributed by atoms with E-state index >= 15 is 0 Å². The molecule has 0 aromatic carbocycles. The van der Waals surface area contributed by atoms with Crippen LogP contribution in [-0.2, 0) is 24.3 Å². The van der Waals surface area contributed by atoms with E-state index in [4.69, 9.17) is 24.3 Å². The van der Waals surface area contributed by atoms with Crippen molar-refractivity contribution in [2.75, 3.05) is 0 Å². The van der Waals surface area contributed by atoms with Gasteiger partial charge in [-0.25, -0.2) is 0 Å². The van der Waals surface area contributed by atoms with Gasteiger partial charge in [-0.3, -0.25) is 0 Å². The Hall–Kier alpha value is -0.200. The van der Waals surface area contributed by atoms with Crippen LogP contribution in [-0.4, -0.2) is 23.3 Å². The van der Waals surface area contributed by atoms with Crippen LogP contribution in [0, 0.1) is 0 Å². The molecule has 1 aliphatic heterocycles. The fraction of sp³-hybridized carbons (Fsp3) is 1.00. The fourth-order valence-electron chi connectivity index (χ4n) is 3.40. The smallest absolute Gasteiger partial charge is 0.234 e. The Morgan fingerprint density at radius 2 is 1.24 bits per heavy atom. The normalized spacial score (nSPS) is 29.9. The van der Waals surface area contributed by atoms with Gasteiger partial charge in [-0.2, -0.15) is 19.6 Å². The quantitative estimate of drug-likeness (QED) is 0.685. The molecule has 0 amide bonds. The first kappa shape index (κ1) is 15.7. The van der Waals surface area contributed by atoms with Crippen LogP contribution in [0.25, 0.3) is 0 Å². The van der Waals surface area contributed by atoms with E-state index in [9.17, 15) is 0 Å². The molecule has 3 fully saturated rings. The summed E-state index contributed by atoms with van der Waals surface area (Å²) in [6.45, 7) is 6.26. The molecule has 3 aliphatic rings. The summed E-state index contributed by atoms with van der Waals surface area (Å²) in [5.74, 6) is -1.40. The minimum atomic E-state index is -0.736. The molecule has 122 valence electrons. The molecule has 5 heteroatoms. The summed E-state index contributed by atoms with van der Waals surface area (Å²) in [5.41, 5.74) is -0.109. The van der Waals surface area contributed by atoms with Gasteiger partial charge in [0, 0.05) is 25.7 Å². The second kappa shape index (κ2) is 5.78. The lowest BCUT2D eigenvalue weighted by Crippen LogP contribution is -2.53. The molecule has 0 bridgehead atoms. The molecule has 0 unspecified atom stereocenters. The first-order chi connectivity index (χ1) is 9.91.